The molecule has 2 atom stereocenters. The van der Waals surface area contributed by atoms with Crippen LogP contribution in [-0.2, 0) is 4.79 Å². The minimum Gasteiger partial charge on any atom is -0.480 e. The average molecular weight is 251 g/mol. The Morgan fingerprint density at radius 1 is 1.39 bits per heavy atom. The van der Waals surface area contributed by atoms with E-state index in [0.29, 0.717) is 12.0 Å². The Morgan fingerprint density at radius 2 is 2.11 bits per heavy atom. The molecule has 0 fully saturated rings. The van der Waals surface area contributed by atoms with E-state index in [1.165, 1.54) is 6.20 Å². The molecule has 1 aromatic rings. The molecule has 1 heterocycles. The lowest BCUT2D eigenvalue weighted by atomic mass is 9.92. The Labute approximate surface area is 105 Å². The van der Waals surface area contributed by atoms with Crippen molar-refractivity contribution in [1.29, 1.82) is 0 Å². The van der Waals surface area contributed by atoms with Crippen LogP contribution in [-0.4, -0.2) is 34.4 Å². The van der Waals surface area contributed by atoms with Gasteiger partial charge in [-0.3, -0.25) is 14.6 Å². The van der Waals surface area contributed by atoms with Gasteiger partial charge in [-0.2, -0.15) is 0 Å². The number of ketones is 1. The summed E-state index contributed by atoms with van der Waals surface area (Å²) in [5.41, 5.74) is 11.4. The largest absolute Gasteiger partial charge is 0.480 e. The van der Waals surface area contributed by atoms with Crippen LogP contribution in [0.15, 0.2) is 24.5 Å². The van der Waals surface area contributed by atoms with E-state index < -0.39 is 17.9 Å². The van der Waals surface area contributed by atoms with Crippen molar-refractivity contribution in [2.75, 3.05) is 6.54 Å². The Morgan fingerprint density at radius 3 is 2.61 bits per heavy atom. The van der Waals surface area contributed by atoms with Crippen molar-refractivity contribution in [2.45, 2.75) is 18.9 Å². The number of hydrogen-bond acceptors (Lipinski definition) is 5. The highest BCUT2D eigenvalue weighted by Gasteiger charge is 2.21. The number of nitrogens with two attached hydrogens (primary N) is 2. The summed E-state index contributed by atoms with van der Waals surface area (Å²) >= 11 is 0. The highest BCUT2D eigenvalue weighted by molar-refractivity contribution is 5.97. The van der Waals surface area contributed by atoms with E-state index in [2.05, 4.69) is 4.98 Å². The fourth-order valence-corrected chi connectivity index (χ4v) is 1.60. The van der Waals surface area contributed by atoms with Crippen molar-refractivity contribution in [2.24, 2.45) is 17.4 Å². The SMILES string of the molecule is NCC(CC[C@H](N)C(=O)O)C(=O)c1cccnc1. The zero-order chi connectivity index (χ0) is 13.5. The van der Waals surface area contributed by atoms with Crippen LogP contribution >= 0.6 is 0 Å². The summed E-state index contributed by atoms with van der Waals surface area (Å²) in [5.74, 6) is -1.61. The van der Waals surface area contributed by atoms with Gasteiger partial charge in [0, 0.05) is 30.4 Å². The molecule has 0 aliphatic carbocycles. The van der Waals surface area contributed by atoms with Crippen LogP contribution in [0.3, 0.4) is 0 Å². The maximum absolute atomic E-state index is 12.1. The molecule has 0 amide bonds. The predicted octanol–water partition coefficient (Wildman–Crippen LogP) is 0.0313. The van der Waals surface area contributed by atoms with Gasteiger partial charge >= 0.3 is 5.97 Å². The molecule has 0 radical (unpaired) electrons. The van der Waals surface area contributed by atoms with Gasteiger partial charge in [0.1, 0.15) is 6.04 Å². The smallest absolute Gasteiger partial charge is 0.320 e. The Hall–Kier alpha value is -1.79. The van der Waals surface area contributed by atoms with Crippen LogP contribution in [0.4, 0.5) is 0 Å². The number of carboxylic acid groups (broad SMARTS) is 1. The molecule has 0 saturated heterocycles. The van der Waals surface area contributed by atoms with Crippen LogP contribution < -0.4 is 11.5 Å². The molecular formula is C12H17N3O3. The van der Waals surface area contributed by atoms with Crippen molar-refractivity contribution in [1.82, 2.24) is 4.98 Å². The van der Waals surface area contributed by atoms with Gasteiger partial charge in [0.05, 0.1) is 0 Å². The first-order valence-corrected chi connectivity index (χ1v) is 5.69. The first kappa shape index (κ1) is 14.3. The molecule has 6 nitrogen and oxygen atoms in total. The zero-order valence-corrected chi connectivity index (χ0v) is 9.95. The number of rotatable bonds is 7. The summed E-state index contributed by atoms with van der Waals surface area (Å²) in [6.45, 7) is 0.167. The van der Waals surface area contributed by atoms with Gasteiger partial charge in [-0.15, -0.1) is 0 Å². The van der Waals surface area contributed by atoms with E-state index in [0.717, 1.165) is 0 Å². The van der Waals surface area contributed by atoms with E-state index in [9.17, 15) is 9.59 Å². The summed E-state index contributed by atoms with van der Waals surface area (Å²) in [5, 5.41) is 8.67. The first-order chi connectivity index (χ1) is 8.56. The monoisotopic (exact) mass is 251 g/mol. The summed E-state index contributed by atoms with van der Waals surface area (Å²) in [6, 6.07) is 2.37. The first-order valence-electron chi connectivity index (χ1n) is 5.69. The number of aromatic nitrogens is 1. The molecule has 1 unspecified atom stereocenters. The average Bonchev–Trinajstić information content (AvgIpc) is 2.39. The summed E-state index contributed by atoms with van der Waals surface area (Å²) < 4.78 is 0. The standard InChI is InChI=1S/C12H17N3O3/c13-6-8(3-4-10(14)12(17)18)11(16)9-2-1-5-15-7-9/h1-2,5,7-8,10H,3-4,6,13-14H2,(H,17,18)/t8?,10-/m0/s1. The number of hydrogen-bond donors (Lipinski definition) is 3. The summed E-state index contributed by atoms with van der Waals surface area (Å²) in [4.78, 5) is 26.5. The molecule has 0 aliphatic rings. The fourth-order valence-electron chi connectivity index (χ4n) is 1.60. The maximum atomic E-state index is 12.1. The van der Waals surface area contributed by atoms with Gasteiger partial charge in [0.2, 0.25) is 0 Å². The van der Waals surface area contributed by atoms with Gasteiger partial charge in [-0.05, 0) is 25.0 Å². The van der Waals surface area contributed by atoms with Crippen LogP contribution in [0.5, 0.6) is 0 Å². The third-order valence-corrected chi connectivity index (χ3v) is 2.74. The number of carbonyl (C=O) groups excluding carboxylic acids is 1. The van der Waals surface area contributed by atoms with E-state index in [1.807, 2.05) is 0 Å². The number of Topliss-reactive ketones (excluding diaryl/α,β-unsaturated/α-hetero) is 1. The molecule has 18 heavy (non-hydrogen) atoms. The molecule has 0 spiro atoms. The number of carbonyl (C=O) groups is 2. The number of aliphatic carboxylic acids is 1. The third-order valence-electron chi connectivity index (χ3n) is 2.74. The Balaban J connectivity index is 2.61. The summed E-state index contributed by atoms with van der Waals surface area (Å²) in [7, 11) is 0. The van der Waals surface area contributed by atoms with Gasteiger partial charge in [-0.25, -0.2) is 0 Å². The highest BCUT2D eigenvalue weighted by Crippen LogP contribution is 2.13. The minimum atomic E-state index is -1.07. The molecule has 0 aromatic carbocycles. The minimum absolute atomic E-state index is 0.122. The molecule has 0 saturated carbocycles. The van der Waals surface area contributed by atoms with E-state index in [4.69, 9.17) is 16.6 Å². The molecular weight excluding hydrogens is 234 g/mol. The zero-order valence-electron chi connectivity index (χ0n) is 9.95. The van der Waals surface area contributed by atoms with Gasteiger partial charge in [0.15, 0.2) is 5.78 Å². The maximum Gasteiger partial charge on any atom is 0.320 e. The molecule has 1 aromatic heterocycles. The van der Waals surface area contributed by atoms with Crippen molar-refractivity contribution < 1.29 is 14.7 Å². The van der Waals surface area contributed by atoms with Crippen LogP contribution in [0, 0.1) is 5.92 Å². The van der Waals surface area contributed by atoms with E-state index in [-0.39, 0.29) is 18.7 Å². The lowest BCUT2D eigenvalue weighted by Crippen LogP contribution is -2.32. The normalized spacial score (nSPS) is 13.9. The summed E-state index contributed by atoms with van der Waals surface area (Å²) in [6.07, 6.45) is 3.64. The van der Waals surface area contributed by atoms with Gasteiger partial charge in [0.25, 0.3) is 0 Å². The van der Waals surface area contributed by atoms with Crippen LogP contribution in [0.2, 0.25) is 0 Å². The Kier molecular flexibility index (Phi) is 5.41. The molecule has 98 valence electrons. The van der Waals surface area contributed by atoms with Crippen LogP contribution in [0.25, 0.3) is 0 Å². The van der Waals surface area contributed by atoms with E-state index >= 15 is 0 Å². The number of pyridine rings is 1. The van der Waals surface area contributed by atoms with Crippen LogP contribution in [0.1, 0.15) is 23.2 Å². The quantitative estimate of drug-likeness (QED) is 0.588. The second-order valence-corrected chi connectivity index (χ2v) is 4.06. The van der Waals surface area contributed by atoms with Crippen molar-refractivity contribution >= 4 is 11.8 Å². The highest BCUT2D eigenvalue weighted by atomic mass is 16.4. The molecule has 5 N–H and O–H groups in total. The van der Waals surface area contributed by atoms with Crippen molar-refractivity contribution in [3.8, 4) is 0 Å². The molecule has 0 aliphatic heterocycles. The molecule has 6 heteroatoms. The lowest BCUT2D eigenvalue weighted by Gasteiger charge is -2.14. The topological polar surface area (TPSA) is 119 Å². The Bertz CT molecular complexity index is 408. The second-order valence-electron chi connectivity index (χ2n) is 4.06. The second kappa shape index (κ2) is 6.83. The number of carboxylic acids is 1. The van der Waals surface area contributed by atoms with Gasteiger partial charge < -0.3 is 16.6 Å². The third kappa shape index (κ3) is 3.90. The van der Waals surface area contributed by atoms with Crippen molar-refractivity contribution in [3.63, 3.8) is 0 Å². The van der Waals surface area contributed by atoms with Gasteiger partial charge in [-0.1, -0.05) is 0 Å². The van der Waals surface area contributed by atoms with Crippen molar-refractivity contribution in [3.05, 3.63) is 30.1 Å². The lowest BCUT2D eigenvalue weighted by molar-refractivity contribution is -0.138. The molecule has 0 bridgehead atoms. The molecule has 1 rings (SSSR count). The fraction of sp³-hybridized carbons (Fsp3) is 0.417. The predicted molar refractivity (Wildman–Crippen MR) is 66.0 cm³/mol. The van der Waals surface area contributed by atoms with E-state index in [1.54, 1.807) is 18.3 Å². The number of nitrogens with zero attached hydrogens (tertiary/aromatic N) is 1.